The molecule has 1 atom stereocenters. The van der Waals surface area contributed by atoms with Crippen LogP contribution in [-0.2, 0) is 0 Å². The van der Waals surface area contributed by atoms with E-state index in [-0.39, 0.29) is 11.6 Å². The van der Waals surface area contributed by atoms with Crippen LogP contribution in [0, 0.1) is 13.8 Å². The molecule has 0 bridgehead atoms. The van der Waals surface area contributed by atoms with Gasteiger partial charge in [0, 0.05) is 37.6 Å². The van der Waals surface area contributed by atoms with E-state index >= 15 is 0 Å². The Morgan fingerprint density at radius 1 is 1.28 bits per heavy atom. The summed E-state index contributed by atoms with van der Waals surface area (Å²) in [6, 6.07) is 0.0732. The smallest absolute Gasteiger partial charge is 0.259 e. The van der Waals surface area contributed by atoms with Gasteiger partial charge in [-0.05, 0) is 40.2 Å². The fraction of sp³-hybridized carbons (Fsp3) is 0.667. The third kappa shape index (κ3) is 3.95. The molecule has 2 N–H and O–H groups in total. The molecular weight excluding hydrogens is 336 g/mol. The van der Waals surface area contributed by atoms with Gasteiger partial charge in [0.15, 0.2) is 0 Å². The zero-order valence-electron chi connectivity index (χ0n) is 15.7. The van der Waals surface area contributed by atoms with Crippen LogP contribution < -0.4 is 5.56 Å². The van der Waals surface area contributed by atoms with Gasteiger partial charge >= 0.3 is 0 Å². The maximum atomic E-state index is 12.5. The average Bonchev–Trinajstić information content (AvgIpc) is 2.81. The van der Waals surface area contributed by atoms with E-state index in [1.165, 1.54) is 0 Å². The minimum atomic E-state index is -0.666. The molecule has 2 aromatic heterocycles. The first kappa shape index (κ1) is 18.5. The molecule has 3 heterocycles. The van der Waals surface area contributed by atoms with Crippen molar-refractivity contribution in [2.75, 3.05) is 32.7 Å². The Hall–Kier alpha value is -1.28. The largest absolute Gasteiger partial charge is 0.389 e. The molecule has 0 saturated carbocycles. The van der Waals surface area contributed by atoms with Gasteiger partial charge < -0.3 is 10.1 Å². The molecule has 1 saturated heterocycles. The minimum Gasteiger partial charge on any atom is -0.389 e. The van der Waals surface area contributed by atoms with Crippen LogP contribution in [0.5, 0.6) is 0 Å². The molecule has 0 aliphatic carbocycles. The van der Waals surface area contributed by atoms with Gasteiger partial charge in [0.1, 0.15) is 10.7 Å². The van der Waals surface area contributed by atoms with Gasteiger partial charge in [0.05, 0.1) is 17.0 Å². The number of aliphatic hydroxyl groups is 1. The first-order valence-electron chi connectivity index (χ1n) is 8.84. The third-order valence-electron chi connectivity index (χ3n) is 5.02. The fourth-order valence-corrected chi connectivity index (χ4v) is 4.54. The van der Waals surface area contributed by atoms with Crippen LogP contribution in [0.2, 0.25) is 0 Å². The molecular formula is C18H28N4O2S. The lowest BCUT2D eigenvalue weighted by Gasteiger charge is -2.39. The third-order valence-corrected chi connectivity index (χ3v) is 6.12. The van der Waals surface area contributed by atoms with Crippen molar-refractivity contribution in [1.29, 1.82) is 0 Å². The number of hydrogen-bond acceptors (Lipinski definition) is 6. The first-order valence-corrected chi connectivity index (χ1v) is 9.66. The highest BCUT2D eigenvalue weighted by atomic mass is 32.1. The number of hydrogen-bond donors (Lipinski definition) is 2. The number of H-pyrrole nitrogens is 1. The van der Waals surface area contributed by atoms with Crippen molar-refractivity contribution < 1.29 is 5.11 Å². The summed E-state index contributed by atoms with van der Waals surface area (Å²) in [5.41, 5.74) is 0.336. The van der Waals surface area contributed by atoms with Crippen molar-refractivity contribution in [3.05, 3.63) is 26.6 Å². The summed E-state index contributed by atoms with van der Waals surface area (Å²) in [4.78, 5) is 26.8. The van der Waals surface area contributed by atoms with Gasteiger partial charge in [-0.25, -0.2) is 4.98 Å². The summed E-state index contributed by atoms with van der Waals surface area (Å²) < 4.78 is 0. The highest BCUT2D eigenvalue weighted by molar-refractivity contribution is 7.18. The molecule has 0 radical (unpaired) electrons. The SMILES string of the molecule is Cc1sc2nc([C@H](C)N3CCN(CC(C)(C)O)CC3)[nH]c(=O)c2c1C. The highest BCUT2D eigenvalue weighted by Crippen LogP contribution is 2.27. The second-order valence-electron chi connectivity index (χ2n) is 7.72. The van der Waals surface area contributed by atoms with E-state index in [0.717, 1.165) is 52.7 Å². The number of piperazine rings is 1. The molecule has 3 rings (SSSR count). The number of thiophene rings is 1. The van der Waals surface area contributed by atoms with Gasteiger partial charge in [-0.15, -0.1) is 11.3 Å². The maximum absolute atomic E-state index is 12.5. The Morgan fingerprint density at radius 3 is 2.52 bits per heavy atom. The fourth-order valence-electron chi connectivity index (χ4n) is 3.50. The van der Waals surface area contributed by atoms with E-state index in [1.54, 1.807) is 11.3 Å². The lowest BCUT2D eigenvalue weighted by atomic mass is 10.1. The summed E-state index contributed by atoms with van der Waals surface area (Å²) in [7, 11) is 0. The molecule has 0 unspecified atom stereocenters. The maximum Gasteiger partial charge on any atom is 0.259 e. The summed E-state index contributed by atoms with van der Waals surface area (Å²) in [6.45, 7) is 14.1. The highest BCUT2D eigenvalue weighted by Gasteiger charge is 2.27. The zero-order chi connectivity index (χ0) is 18.4. The van der Waals surface area contributed by atoms with Gasteiger partial charge in [-0.3, -0.25) is 14.6 Å². The van der Waals surface area contributed by atoms with E-state index in [4.69, 9.17) is 4.98 Å². The number of β-amino-alcohol motifs (C(OH)–C–C–N with tert-alkyl or cyclic N) is 1. The topological polar surface area (TPSA) is 72.5 Å². The second kappa shape index (κ2) is 6.79. The van der Waals surface area contributed by atoms with E-state index in [9.17, 15) is 9.90 Å². The quantitative estimate of drug-likeness (QED) is 0.869. The normalized spacial score (nSPS) is 18.8. The van der Waals surface area contributed by atoms with Crippen LogP contribution in [0.15, 0.2) is 4.79 Å². The number of fused-ring (bicyclic) bond motifs is 1. The number of aromatic amines is 1. The second-order valence-corrected chi connectivity index (χ2v) is 8.92. The van der Waals surface area contributed by atoms with E-state index < -0.39 is 5.60 Å². The van der Waals surface area contributed by atoms with Crippen LogP contribution in [0.1, 0.15) is 43.1 Å². The van der Waals surface area contributed by atoms with Crippen molar-refractivity contribution >= 4 is 21.6 Å². The van der Waals surface area contributed by atoms with Crippen molar-refractivity contribution in [3.8, 4) is 0 Å². The van der Waals surface area contributed by atoms with E-state index in [0.29, 0.717) is 6.54 Å². The van der Waals surface area contributed by atoms with Crippen LogP contribution >= 0.6 is 11.3 Å². The molecule has 2 aromatic rings. The predicted octanol–water partition coefficient (Wildman–Crippen LogP) is 2.05. The van der Waals surface area contributed by atoms with Crippen LogP contribution in [0.4, 0.5) is 0 Å². The van der Waals surface area contributed by atoms with Crippen molar-refractivity contribution in [1.82, 2.24) is 19.8 Å². The van der Waals surface area contributed by atoms with Crippen molar-refractivity contribution in [3.63, 3.8) is 0 Å². The van der Waals surface area contributed by atoms with E-state index in [2.05, 4.69) is 21.7 Å². The Bertz CT molecular complexity index is 813. The molecule has 25 heavy (non-hydrogen) atoms. The van der Waals surface area contributed by atoms with Crippen LogP contribution in [0.3, 0.4) is 0 Å². The summed E-state index contributed by atoms with van der Waals surface area (Å²) in [5, 5.41) is 10.7. The number of aryl methyl sites for hydroxylation is 2. The molecule has 7 heteroatoms. The Morgan fingerprint density at radius 2 is 1.92 bits per heavy atom. The van der Waals surface area contributed by atoms with Gasteiger partial charge in [0.25, 0.3) is 5.56 Å². The summed E-state index contributed by atoms with van der Waals surface area (Å²) in [5.74, 6) is 0.745. The van der Waals surface area contributed by atoms with Gasteiger partial charge in [0.2, 0.25) is 0 Å². The molecule has 1 aliphatic heterocycles. The number of nitrogens with one attached hydrogen (secondary N) is 1. The Labute approximate surface area is 152 Å². The molecule has 0 aromatic carbocycles. The lowest BCUT2D eigenvalue weighted by Crippen LogP contribution is -2.51. The zero-order valence-corrected chi connectivity index (χ0v) is 16.5. The Kier molecular flexibility index (Phi) is 5.03. The van der Waals surface area contributed by atoms with Gasteiger partial charge in [-0.2, -0.15) is 0 Å². The lowest BCUT2D eigenvalue weighted by molar-refractivity contribution is 0.0114. The predicted molar refractivity (Wildman–Crippen MR) is 102 cm³/mol. The van der Waals surface area contributed by atoms with Crippen molar-refractivity contribution in [2.45, 2.75) is 46.3 Å². The summed E-state index contributed by atoms with van der Waals surface area (Å²) in [6.07, 6.45) is 0. The molecule has 6 nitrogen and oxygen atoms in total. The number of nitrogens with zero attached hydrogens (tertiary/aromatic N) is 3. The summed E-state index contributed by atoms with van der Waals surface area (Å²) >= 11 is 1.59. The standard InChI is InChI=1S/C18H28N4O2S/c1-11-13(3)25-17-14(11)16(23)19-15(20-17)12(2)22-8-6-21(7-9-22)10-18(4,5)24/h12,24H,6-10H2,1-5H3,(H,19,20,23)/t12-/m0/s1. The minimum absolute atomic E-state index is 0.0330. The van der Waals surface area contributed by atoms with Gasteiger partial charge in [-0.1, -0.05) is 0 Å². The molecule has 1 fully saturated rings. The van der Waals surface area contributed by atoms with E-state index in [1.807, 2.05) is 27.7 Å². The Balaban J connectivity index is 1.75. The average molecular weight is 365 g/mol. The molecule has 0 amide bonds. The first-order chi connectivity index (χ1) is 11.7. The number of rotatable bonds is 4. The molecule has 138 valence electrons. The molecule has 1 aliphatic rings. The monoisotopic (exact) mass is 364 g/mol. The van der Waals surface area contributed by atoms with Crippen LogP contribution in [0.25, 0.3) is 10.2 Å². The molecule has 0 spiro atoms. The van der Waals surface area contributed by atoms with Crippen LogP contribution in [-0.4, -0.2) is 63.2 Å². The number of aromatic nitrogens is 2. The van der Waals surface area contributed by atoms with Crippen molar-refractivity contribution in [2.24, 2.45) is 0 Å².